The molecule has 0 aromatic heterocycles. The van der Waals surface area contributed by atoms with Gasteiger partial charge in [0.05, 0.1) is 13.8 Å². The molecule has 0 fully saturated rings. The van der Waals surface area contributed by atoms with E-state index in [4.69, 9.17) is 30.4 Å². The van der Waals surface area contributed by atoms with Gasteiger partial charge in [-0.1, -0.05) is 29.7 Å². The molecule has 0 heterocycles. The van der Waals surface area contributed by atoms with Gasteiger partial charge in [0.1, 0.15) is 23.7 Å². The van der Waals surface area contributed by atoms with Gasteiger partial charge in [0.15, 0.2) is 6.73 Å². The van der Waals surface area contributed by atoms with E-state index in [1.165, 1.54) is 5.01 Å². The second kappa shape index (κ2) is 43.5. The van der Waals surface area contributed by atoms with Crippen molar-refractivity contribution in [1.29, 1.82) is 0 Å². The zero-order valence-corrected chi connectivity index (χ0v) is 12.7. The van der Waals surface area contributed by atoms with Crippen molar-refractivity contribution in [3.8, 4) is 0 Å². The number of nitroso groups, excluding NO2 is 2. The Morgan fingerprint density at radius 1 is 1.12 bits per heavy atom. The molecule has 26 heavy (non-hydrogen) atoms. The summed E-state index contributed by atoms with van der Waals surface area (Å²) < 4.78 is 0. The summed E-state index contributed by atoms with van der Waals surface area (Å²) in [5.74, 6) is 0. The largest absolute Gasteiger partial charge is 1.00 e. The first-order chi connectivity index (χ1) is 10.5. The Morgan fingerprint density at radius 2 is 1.62 bits per heavy atom. The van der Waals surface area contributed by atoms with E-state index in [9.17, 15) is 0 Å². The molecule has 0 unspecified atom stereocenters. The quantitative estimate of drug-likeness (QED) is 0.0631. The third kappa shape index (κ3) is 49.5. The molecule has 0 amide bonds. The Labute approximate surface area is 158 Å². The van der Waals surface area contributed by atoms with Crippen molar-refractivity contribution < 1.29 is 32.3 Å². The summed E-state index contributed by atoms with van der Waals surface area (Å²) in [5, 5.41) is 47.5. The molecule has 0 spiro atoms. The number of rotatable bonds is 10. The van der Waals surface area contributed by atoms with E-state index in [2.05, 4.69) is 15.9 Å². The summed E-state index contributed by atoms with van der Waals surface area (Å²) in [4.78, 5) is 17.2. The highest BCUT2D eigenvalue weighted by molar-refractivity contribution is 4.40. The highest BCUT2D eigenvalue weighted by Crippen LogP contribution is 1.78. The minimum absolute atomic E-state index is 0. The minimum Gasteiger partial charge on any atom is -0.381 e. The van der Waals surface area contributed by atoms with Crippen LogP contribution in [0.15, 0.2) is 15.8 Å². The van der Waals surface area contributed by atoms with Gasteiger partial charge in [0.25, 0.3) is 10.2 Å². The molecule has 0 aromatic rings. The van der Waals surface area contributed by atoms with Crippen LogP contribution in [-0.4, -0.2) is 84.3 Å². The molecule has 8 N–H and O–H groups in total. The number of hydrogen-bond acceptors (Lipinski definition) is 7. The van der Waals surface area contributed by atoms with Crippen LogP contribution < -0.4 is 16.0 Å². The molecule has 0 aromatic carbocycles. The van der Waals surface area contributed by atoms with Crippen LogP contribution in [-0.2, 0) is 0 Å². The van der Waals surface area contributed by atoms with Gasteiger partial charge in [0.2, 0.25) is 0 Å². The fraction of sp³-hybridized carbons (Fsp3) is 1.00. The number of hydrazine groups is 1. The average Bonchev–Trinajstić information content (AvgIpc) is 2.55. The Balaban J connectivity index is -0.0000000334. The van der Waals surface area contributed by atoms with Crippen molar-refractivity contribution in [2.45, 2.75) is 29.7 Å². The number of nitrogens with two attached hydrogens (primary N) is 1. The standard InChI is InChI=1S/C4H12N4O3.C4H12N2O.4CH4.N2O2/c1-7(8(11)6-10)3-2-5-4-9;1-5-2-3-6-4-7;;;;;3-1-2-4/h5,9,11H,2-4H2,1H3;5-7H,2-4H2,1H3;4*1H4;/p+3. The van der Waals surface area contributed by atoms with Gasteiger partial charge in [-0.05, 0) is 7.05 Å². The fourth-order valence-electron chi connectivity index (χ4n) is 0.820. The number of aliphatic hydroxyl groups excluding tert-OH is 2. The molecule has 0 saturated heterocycles. The molecule has 0 rings (SSSR count). The molecule has 0 aliphatic heterocycles. The molecule has 0 aliphatic rings. The van der Waals surface area contributed by atoms with Gasteiger partial charge in [-0.25, -0.2) is 5.21 Å². The van der Waals surface area contributed by atoms with Gasteiger partial charge in [-0.15, -0.1) is 14.8 Å². The van der Waals surface area contributed by atoms with Crippen molar-refractivity contribution in [3.63, 3.8) is 0 Å². The first-order valence-corrected chi connectivity index (χ1v) is 6.14. The molecule has 164 valence electrons. The van der Waals surface area contributed by atoms with E-state index < -0.39 is 0 Å². The number of nitrogens with zero attached hydrogens (tertiary/aromatic N) is 5. The lowest BCUT2D eigenvalue weighted by Crippen LogP contribution is -2.85. The number of hydrogen-bond donors (Lipinski definition) is 7. The molecule has 0 saturated carbocycles. The van der Waals surface area contributed by atoms with E-state index in [1.807, 2.05) is 7.05 Å². The molecular formula is C12H43N8O6+3. The predicted molar refractivity (Wildman–Crippen MR) is 101 cm³/mol. The number of likely N-dealkylation sites (N-methyl/N-ethyl adjacent to an activating group) is 2. The molecule has 14 nitrogen and oxygen atoms in total. The number of nitrogens with one attached hydrogen (secondary N) is 2. The lowest BCUT2D eigenvalue weighted by atomic mass is 10.6. The maximum atomic E-state index is 8.69. The third-order valence-corrected chi connectivity index (χ3v) is 1.87. The van der Waals surface area contributed by atoms with Crippen LogP contribution in [0.25, 0.3) is 0 Å². The van der Waals surface area contributed by atoms with Crippen LogP contribution in [0.4, 0.5) is 0 Å². The molecule has 0 aliphatic carbocycles. The van der Waals surface area contributed by atoms with Gasteiger partial charge in [-0.2, -0.15) is 0 Å². The highest BCUT2D eigenvalue weighted by Gasteiger charge is 2.11. The summed E-state index contributed by atoms with van der Waals surface area (Å²) in [6.07, 6.45) is 0. The summed E-state index contributed by atoms with van der Waals surface area (Å²) in [6, 6.07) is 0. The summed E-state index contributed by atoms with van der Waals surface area (Å²) in [5.41, 5.74) is 0. The van der Waals surface area contributed by atoms with Gasteiger partial charge in [0, 0.05) is 13.1 Å². The molecular weight excluding hydrogens is 352 g/mol. The Morgan fingerprint density at radius 3 is 1.92 bits per heavy atom. The van der Waals surface area contributed by atoms with Gasteiger partial charge < -0.3 is 26.1 Å². The first-order valence-electron chi connectivity index (χ1n) is 6.14. The van der Waals surface area contributed by atoms with Crippen LogP contribution in [0.3, 0.4) is 0 Å². The topological polar surface area (TPSA) is 199 Å². The predicted octanol–water partition coefficient (Wildman–Crippen LogP) is -0.574. The van der Waals surface area contributed by atoms with E-state index in [0.29, 0.717) is 18.1 Å². The van der Waals surface area contributed by atoms with Crippen molar-refractivity contribution in [2.75, 3.05) is 53.7 Å². The van der Waals surface area contributed by atoms with Crippen LogP contribution in [0, 0.1) is 9.81 Å². The van der Waals surface area contributed by atoms with Crippen LogP contribution in [0.1, 0.15) is 31.1 Å². The van der Waals surface area contributed by atoms with Crippen LogP contribution in [0.5, 0.6) is 0 Å². The molecule has 0 radical (unpaired) electrons. The van der Waals surface area contributed by atoms with E-state index in [0.717, 1.165) is 13.1 Å². The monoisotopic (exact) mass is 395 g/mol. The summed E-state index contributed by atoms with van der Waals surface area (Å²) in [6.45, 7) is 2.89. The maximum absolute atomic E-state index is 8.69. The SMILES string of the molecule is C.C.C.C.CN(CC[NH2+]CO)[N+](O)=NO.CNCCNCO.O=NN=O.[H+]. The average molecular weight is 396 g/mol. The molecule has 14 heteroatoms. The van der Waals surface area contributed by atoms with E-state index in [-0.39, 0.29) is 44.6 Å². The van der Waals surface area contributed by atoms with Gasteiger partial charge in [-0.3, -0.25) is 5.32 Å². The highest BCUT2D eigenvalue weighted by atomic mass is 16.6. The third-order valence-electron chi connectivity index (χ3n) is 1.87. The van der Waals surface area contributed by atoms with Crippen LogP contribution in [0.2, 0.25) is 0 Å². The van der Waals surface area contributed by atoms with Gasteiger partial charge >= 0.3 is 1.43 Å². The van der Waals surface area contributed by atoms with Crippen molar-refractivity contribution >= 4 is 0 Å². The van der Waals surface area contributed by atoms with E-state index in [1.54, 1.807) is 22.9 Å². The second-order valence-corrected chi connectivity index (χ2v) is 3.42. The molecule has 0 bridgehead atoms. The normalized spacial score (nSPS) is 8.23. The molecule has 0 atom stereocenters. The Hall–Kier alpha value is -2.00. The van der Waals surface area contributed by atoms with Crippen LogP contribution >= 0.6 is 0 Å². The second-order valence-electron chi connectivity index (χ2n) is 3.42. The van der Waals surface area contributed by atoms with Crippen molar-refractivity contribution in [1.82, 2.24) is 15.6 Å². The first kappa shape index (κ1) is 43.9. The summed E-state index contributed by atoms with van der Waals surface area (Å²) >= 11 is 0. The zero-order chi connectivity index (χ0) is 17.6. The smallest absolute Gasteiger partial charge is 0.381 e. The lowest BCUT2D eigenvalue weighted by Gasteiger charge is -2.03. The fourth-order valence-corrected chi connectivity index (χ4v) is 0.820. The number of quaternary nitrogens is 1. The Bertz CT molecular complexity index is 270. The van der Waals surface area contributed by atoms with E-state index >= 15 is 0 Å². The Kier molecular flexibility index (Phi) is 73.5. The summed E-state index contributed by atoms with van der Waals surface area (Å²) in [7, 11) is 3.42. The van der Waals surface area contributed by atoms with Crippen molar-refractivity contribution in [3.05, 3.63) is 9.81 Å². The number of aliphatic hydroxyl groups is 2. The van der Waals surface area contributed by atoms with Crippen molar-refractivity contribution in [2.24, 2.45) is 15.8 Å². The zero-order valence-electron chi connectivity index (χ0n) is 13.7. The maximum Gasteiger partial charge on any atom is 1.00 e. The lowest BCUT2D eigenvalue weighted by molar-refractivity contribution is -0.939. The minimum atomic E-state index is 0.